The van der Waals surface area contributed by atoms with Crippen LogP contribution in [0.25, 0.3) is 0 Å². The lowest BCUT2D eigenvalue weighted by Crippen LogP contribution is -2.19. The van der Waals surface area contributed by atoms with Crippen LogP contribution in [-0.4, -0.2) is 23.2 Å². The van der Waals surface area contributed by atoms with E-state index in [1.54, 1.807) is 0 Å². The van der Waals surface area contributed by atoms with E-state index in [9.17, 15) is 0 Å². The highest BCUT2D eigenvalue weighted by atomic mass is 35.5. The molecular formula is C8H12ClN3O. The second kappa shape index (κ2) is 2.69. The molecule has 1 aromatic heterocycles. The Balaban J connectivity index is 0.000000653. The lowest BCUT2D eigenvalue weighted by Gasteiger charge is -2.02. The van der Waals surface area contributed by atoms with Gasteiger partial charge in [0.05, 0.1) is 5.41 Å². The summed E-state index contributed by atoms with van der Waals surface area (Å²) in [6, 6.07) is 0. The molecule has 72 valence electrons. The smallest absolute Gasteiger partial charge is 0.234 e. The van der Waals surface area contributed by atoms with Crippen molar-refractivity contribution in [1.82, 2.24) is 15.5 Å². The van der Waals surface area contributed by atoms with Crippen molar-refractivity contribution in [2.75, 3.05) is 13.1 Å². The van der Waals surface area contributed by atoms with Gasteiger partial charge < -0.3 is 9.84 Å². The zero-order chi connectivity index (χ0) is 8.18. The van der Waals surface area contributed by atoms with Crippen LogP contribution in [0, 0.1) is 12.8 Å². The van der Waals surface area contributed by atoms with Crippen molar-refractivity contribution in [2.24, 2.45) is 5.92 Å². The molecule has 1 saturated heterocycles. The average Bonchev–Trinajstić information content (AvgIpc) is 2.50. The van der Waals surface area contributed by atoms with Crippen LogP contribution < -0.4 is 5.32 Å². The van der Waals surface area contributed by atoms with Gasteiger partial charge in [0.2, 0.25) is 5.89 Å². The molecule has 2 fully saturated rings. The number of nitrogens with zero attached hydrogens (tertiary/aromatic N) is 2. The van der Waals surface area contributed by atoms with Crippen molar-refractivity contribution < 1.29 is 4.52 Å². The van der Waals surface area contributed by atoms with Crippen molar-refractivity contribution in [1.29, 1.82) is 0 Å². The highest BCUT2D eigenvalue weighted by molar-refractivity contribution is 5.85. The topological polar surface area (TPSA) is 51.0 Å². The van der Waals surface area contributed by atoms with Gasteiger partial charge in [0, 0.05) is 6.54 Å². The van der Waals surface area contributed by atoms with Crippen LogP contribution in [0.2, 0.25) is 0 Å². The first-order valence-electron chi connectivity index (χ1n) is 4.33. The van der Waals surface area contributed by atoms with Crippen LogP contribution in [0.3, 0.4) is 0 Å². The first-order chi connectivity index (χ1) is 5.81. The number of rotatable bonds is 1. The summed E-state index contributed by atoms with van der Waals surface area (Å²) in [6.07, 6.45) is 1.22. The quantitative estimate of drug-likeness (QED) is 0.726. The fourth-order valence-electron chi connectivity index (χ4n) is 2.17. The minimum atomic E-state index is 0. The third-order valence-corrected chi connectivity index (χ3v) is 3.02. The molecule has 0 unspecified atom stereocenters. The minimum Gasteiger partial charge on any atom is -0.339 e. The van der Waals surface area contributed by atoms with Crippen molar-refractivity contribution in [3.05, 3.63) is 11.7 Å². The first-order valence-corrected chi connectivity index (χ1v) is 4.33. The SMILES string of the molecule is Cc1noc([C@@]23CNC[C@@H]2C3)n1.Cl. The third-order valence-electron chi connectivity index (χ3n) is 3.02. The second-order valence-corrected chi connectivity index (χ2v) is 3.83. The minimum absolute atomic E-state index is 0. The first kappa shape index (κ1) is 8.97. The number of nitrogens with one attached hydrogen (secondary N) is 1. The lowest BCUT2D eigenvalue weighted by molar-refractivity contribution is 0.343. The number of aryl methyl sites for hydroxylation is 1. The average molecular weight is 202 g/mol. The van der Waals surface area contributed by atoms with E-state index in [4.69, 9.17) is 4.52 Å². The highest BCUT2D eigenvalue weighted by Gasteiger charge is 2.62. The molecule has 2 aliphatic rings. The zero-order valence-corrected chi connectivity index (χ0v) is 8.23. The summed E-state index contributed by atoms with van der Waals surface area (Å²) in [6.45, 7) is 3.99. The van der Waals surface area contributed by atoms with Crippen molar-refractivity contribution in [3.63, 3.8) is 0 Å². The number of piperidine rings is 1. The Morgan fingerprint density at radius 1 is 1.62 bits per heavy atom. The second-order valence-electron chi connectivity index (χ2n) is 3.83. The molecule has 2 heterocycles. The monoisotopic (exact) mass is 201 g/mol. The molecule has 2 atom stereocenters. The summed E-state index contributed by atoms with van der Waals surface area (Å²) in [7, 11) is 0. The number of aromatic nitrogens is 2. The Hall–Kier alpha value is -0.610. The molecule has 13 heavy (non-hydrogen) atoms. The Kier molecular flexibility index (Phi) is 1.85. The molecule has 0 amide bonds. The Labute approximate surface area is 82.5 Å². The standard InChI is InChI=1S/C8H11N3O.ClH/c1-5-10-7(12-11-5)8-2-6(8)3-9-4-8;/h6,9H,2-4H2,1H3;1H/t6-,8-;/m0./s1. The van der Waals surface area contributed by atoms with Gasteiger partial charge in [-0.1, -0.05) is 5.16 Å². The van der Waals surface area contributed by atoms with Crippen LogP contribution in [0.5, 0.6) is 0 Å². The zero-order valence-electron chi connectivity index (χ0n) is 7.41. The molecule has 3 rings (SSSR count). The van der Waals surface area contributed by atoms with E-state index >= 15 is 0 Å². The predicted octanol–water partition coefficient (Wildman–Crippen LogP) is 0.661. The van der Waals surface area contributed by atoms with Crippen LogP contribution in [0.1, 0.15) is 18.1 Å². The predicted molar refractivity (Wildman–Crippen MR) is 48.9 cm³/mol. The molecule has 1 aliphatic carbocycles. The maximum Gasteiger partial charge on any atom is 0.234 e. The normalized spacial score (nSPS) is 35.3. The molecule has 0 radical (unpaired) electrons. The summed E-state index contributed by atoms with van der Waals surface area (Å²) >= 11 is 0. The van der Waals surface area contributed by atoms with Crippen molar-refractivity contribution >= 4 is 12.4 Å². The number of fused-ring (bicyclic) bond motifs is 1. The largest absolute Gasteiger partial charge is 0.339 e. The molecular weight excluding hydrogens is 190 g/mol. The van der Waals surface area contributed by atoms with Gasteiger partial charge in [0.15, 0.2) is 5.82 Å². The van der Waals surface area contributed by atoms with E-state index in [1.807, 2.05) is 6.92 Å². The van der Waals surface area contributed by atoms with Gasteiger partial charge in [-0.05, 0) is 25.8 Å². The molecule has 1 N–H and O–H groups in total. The molecule has 1 aromatic rings. The molecule has 0 spiro atoms. The number of hydrogen-bond donors (Lipinski definition) is 1. The van der Waals surface area contributed by atoms with Gasteiger partial charge >= 0.3 is 0 Å². The molecule has 1 aliphatic heterocycles. The van der Waals surface area contributed by atoms with Gasteiger partial charge in [-0.2, -0.15) is 4.98 Å². The molecule has 0 bridgehead atoms. The maximum atomic E-state index is 5.19. The van der Waals surface area contributed by atoms with E-state index in [0.29, 0.717) is 0 Å². The van der Waals surface area contributed by atoms with Crippen molar-refractivity contribution in [3.8, 4) is 0 Å². The third kappa shape index (κ3) is 1.09. The summed E-state index contributed by atoms with van der Waals surface area (Å²) < 4.78 is 5.19. The van der Waals surface area contributed by atoms with E-state index in [0.717, 1.165) is 30.7 Å². The fraction of sp³-hybridized carbons (Fsp3) is 0.750. The van der Waals surface area contributed by atoms with E-state index < -0.39 is 0 Å². The summed E-state index contributed by atoms with van der Waals surface area (Å²) in [4.78, 5) is 4.29. The lowest BCUT2D eigenvalue weighted by atomic mass is 10.1. The highest BCUT2D eigenvalue weighted by Crippen LogP contribution is 2.55. The maximum absolute atomic E-state index is 5.19. The Morgan fingerprint density at radius 3 is 2.92 bits per heavy atom. The Morgan fingerprint density at radius 2 is 2.46 bits per heavy atom. The summed E-state index contributed by atoms with van der Waals surface area (Å²) in [5.74, 6) is 2.34. The number of hydrogen-bond acceptors (Lipinski definition) is 4. The molecule has 0 aromatic carbocycles. The molecule has 5 heteroatoms. The van der Waals surface area contributed by atoms with E-state index in [1.165, 1.54) is 6.42 Å². The van der Waals surface area contributed by atoms with E-state index in [-0.39, 0.29) is 17.8 Å². The van der Waals surface area contributed by atoms with Crippen LogP contribution in [0.4, 0.5) is 0 Å². The summed E-state index contributed by atoms with van der Waals surface area (Å²) in [5, 5.41) is 7.16. The fourth-order valence-corrected chi connectivity index (χ4v) is 2.17. The van der Waals surface area contributed by atoms with Crippen LogP contribution in [0.15, 0.2) is 4.52 Å². The molecule has 1 saturated carbocycles. The molecule has 4 nitrogen and oxygen atoms in total. The van der Waals surface area contributed by atoms with Gasteiger partial charge in [-0.3, -0.25) is 0 Å². The van der Waals surface area contributed by atoms with Crippen molar-refractivity contribution in [2.45, 2.75) is 18.8 Å². The van der Waals surface area contributed by atoms with Gasteiger partial charge in [0.25, 0.3) is 0 Å². The van der Waals surface area contributed by atoms with E-state index in [2.05, 4.69) is 15.5 Å². The number of halogens is 1. The van der Waals surface area contributed by atoms with Gasteiger partial charge in [0.1, 0.15) is 0 Å². The van der Waals surface area contributed by atoms with Crippen LogP contribution in [-0.2, 0) is 5.41 Å². The summed E-state index contributed by atoms with van der Waals surface area (Å²) in [5.41, 5.74) is 0.223. The van der Waals surface area contributed by atoms with Crippen LogP contribution >= 0.6 is 12.4 Å². The van der Waals surface area contributed by atoms with Gasteiger partial charge in [-0.15, -0.1) is 12.4 Å². The van der Waals surface area contributed by atoms with Gasteiger partial charge in [-0.25, -0.2) is 0 Å². The Bertz CT molecular complexity index is 327.